The highest BCUT2D eigenvalue weighted by atomic mass is 35.5. The number of carbonyl (C=O) groups is 2. The summed E-state index contributed by atoms with van der Waals surface area (Å²) >= 11 is 7.30. The third-order valence-electron chi connectivity index (χ3n) is 5.85. The first-order valence-electron chi connectivity index (χ1n) is 10.6. The Morgan fingerprint density at radius 1 is 1.26 bits per heavy atom. The van der Waals surface area contributed by atoms with E-state index in [0.717, 1.165) is 40.7 Å². The molecular weight excluding hydrogens is 434 g/mol. The highest BCUT2D eigenvalue weighted by molar-refractivity contribution is 7.20. The molecule has 1 fully saturated rings. The van der Waals surface area contributed by atoms with Crippen LogP contribution in [0.4, 0.5) is 0 Å². The third kappa shape index (κ3) is 5.10. The van der Waals surface area contributed by atoms with Gasteiger partial charge in [-0.3, -0.25) is 9.48 Å². The lowest BCUT2D eigenvalue weighted by Gasteiger charge is -2.29. The molecule has 3 aromatic rings. The molecule has 6 nitrogen and oxygen atoms in total. The number of nitrogens with one attached hydrogen (secondary N) is 1. The minimum atomic E-state index is -0.481. The number of halogens is 1. The van der Waals surface area contributed by atoms with Crippen molar-refractivity contribution >= 4 is 45.0 Å². The van der Waals surface area contributed by atoms with Gasteiger partial charge in [0.05, 0.1) is 12.2 Å². The van der Waals surface area contributed by atoms with Crippen LogP contribution in [0.3, 0.4) is 0 Å². The van der Waals surface area contributed by atoms with Crippen LogP contribution in [0, 0.1) is 12.8 Å². The van der Waals surface area contributed by atoms with Crippen LogP contribution < -0.4 is 5.32 Å². The maximum absolute atomic E-state index is 12.6. The number of hydrogen-bond donors (Lipinski definition) is 1. The molecule has 0 bridgehead atoms. The monoisotopic (exact) mass is 459 g/mol. The molecule has 31 heavy (non-hydrogen) atoms. The molecule has 1 aliphatic rings. The molecule has 2 atom stereocenters. The van der Waals surface area contributed by atoms with Crippen molar-refractivity contribution in [2.75, 3.05) is 6.61 Å². The summed E-state index contributed by atoms with van der Waals surface area (Å²) in [5.41, 5.74) is 1.92. The minimum Gasteiger partial charge on any atom is -0.451 e. The van der Waals surface area contributed by atoms with E-state index in [2.05, 4.69) is 17.3 Å². The number of rotatable bonds is 6. The molecule has 8 heteroatoms. The first-order chi connectivity index (χ1) is 14.9. The van der Waals surface area contributed by atoms with Crippen LogP contribution in [0.15, 0.2) is 30.3 Å². The van der Waals surface area contributed by atoms with Gasteiger partial charge in [0.25, 0.3) is 5.91 Å². The van der Waals surface area contributed by atoms with E-state index in [1.54, 1.807) is 6.07 Å². The lowest BCUT2D eigenvalue weighted by atomic mass is 9.86. The molecule has 1 aliphatic carbocycles. The predicted octanol–water partition coefficient (Wildman–Crippen LogP) is 4.96. The molecule has 0 aliphatic heterocycles. The summed E-state index contributed by atoms with van der Waals surface area (Å²) in [5, 5.41) is 9.21. The van der Waals surface area contributed by atoms with E-state index >= 15 is 0 Å². The van der Waals surface area contributed by atoms with Gasteiger partial charge in [-0.2, -0.15) is 5.10 Å². The number of fused-ring (bicyclic) bond motifs is 1. The van der Waals surface area contributed by atoms with E-state index in [1.165, 1.54) is 17.8 Å². The molecule has 1 N–H and O–H groups in total. The Kier molecular flexibility index (Phi) is 6.62. The maximum atomic E-state index is 12.6. The van der Waals surface area contributed by atoms with Gasteiger partial charge in [-0.15, -0.1) is 11.3 Å². The number of ether oxygens (including phenoxy) is 1. The van der Waals surface area contributed by atoms with Crippen LogP contribution in [-0.4, -0.2) is 34.3 Å². The first-order valence-corrected chi connectivity index (χ1v) is 11.8. The fraction of sp³-hybridized carbons (Fsp3) is 0.435. The number of hydrogen-bond acceptors (Lipinski definition) is 5. The Morgan fingerprint density at radius 3 is 2.74 bits per heavy atom. The van der Waals surface area contributed by atoms with Crippen LogP contribution in [-0.2, 0) is 16.1 Å². The Morgan fingerprint density at radius 2 is 2.00 bits per heavy atom. The topological polar surface area (TPSA) is 73.2 Å². The Balaban J connectivity index is 1.40. The zero-order valence-corrected chi connectivity index (χ0v) is 19.3. The molecule has 0 unspecified atom stereocenters. The van der Waals surface area contributed by atoms with Crippen molar-refractivity contribution in [2.24, 2.45) is 5.92 Å². The molecule has 0 radical (unpaired) electrons. The Hall–Kier alpha value is -2.38. The predicted molar refractivity (Wildman–Crippen MR) is 123 cm³/mol. The van der Waals surface area contributed by atoms with Gasteiger partial charge < -0.3 is 10.1 Å². The molecule has 4 rings (SSSR count). The van der Waals surface area contributed by atoms with Gasteiger partial charge in [0.15, 0.2) is 6.61 Å². The van der Waals surface area contributed by atoms with Gasteiger partial charge in [-0.1, -0.05) is 43.5 Å². The van der Waals surface area contributed by atoms with Crippen molar-refractivity contribution in [3.63, 3.8) is 0 Å². The van der Waals surface area contributed by atoms with Crippen molar-refractivity contribution < 1.29 is 14.3 Å². The second-order valence-corrected chi connectivity index (χ2v) is 9.68. The molecule has 2 heterocycles. The lowest BCUT2D eigenvalue weighted by Crippen LogP contribution is -2.42. The number of benzene rings is 1. The second kappa shape index (κ2) is 9.40. The van der Waals surface area contributed by atoms with Gasteiger partial charge in [-0.25, -0.2) is 4.79 Å². The highest BCUT2D eigenvalue weighted by Gasteiger charge is 2.24. The standard InChI is InChI=1S/C23H26ClN3O3S/c1-14-5-3-4-6-19(14)25-21(28)13-30-23(29)20-11-18-15(2)26-27(22(18)31-20)12-16-7-9-17(24)10-8-16/h7-11,14,19H,3-6,12-13H2,1-2H3,(H,25,28)/t14-,19+/m0/s1. The van der Waals surface area contributed by atoms with Crippen molar-refractivity contribution in [3.05, 3.63) is 51.5 Å². The average molecular weight is 460 g/mol. The largest absolute Gasteiger partial charge is 0.451 e. The summed E-state index contributed by atoms with van der Waals surface area (Å²) in [6.45, 7) is 4.40. The van der Waals surface area contributed by atoms with Crippen molar-refractivity contribution in [2.45, 2.75) is 52.1 Å². The molecule has 164 valence electrons. The molecular formula is C23H26ClN3O3S. The normalized spacial score (nSPS) is 18.8. The van der Waals surface area contributed by atoms with E-state index in [1.807, 2.05) is 35.9 Å². The summed E-state index contributed by atoms with van der Waals surface area (Å²) in [4.78, 5) is 26.2. The van der Waals surface area contributed by atoms with Crippen LogP contribution >= 0.6 is 22.9 Å². The molecule has 2 aromatic heterocycles. The molecule has 0 saturated heterocycles. The maximum Gasteiger partial charge on any atom is 0.348 e. The number of nitrogens with zero attached hydrogens (tertiary/aromatic N) is 2. The Labute approximate surface area is 190 Å². The number of esters is 1. The van der Waals surface area contributed by atoms with Crippen LogP contribution in [0.1, 0.15) is 53.5 Å². The summed E-state index contributed by atoms with van der Waals surface area (Å²) in [6.07, 6.45) is 4.45. The molecule has 1 amide bonds. The number of carbonyl (C=O) groups excluding carboxylic acids is 2. The fourth-order valence-corrected chi connectivity index (χ4v) is 5.25. The third-order valence-corrected chi connectivity index (χ3v) is 7.23. The SMILES string of the molecule is Cc1nn(Cc2ccc(Cl)cc2)c2sc(C(=O)OCC(=O)N[C@@H]3CCCC[C@@H]3C)cc12. The summed E-state index contributed by atoms with van der Waals surface area (Å²) in [7, 11) is 0. The summed E-state index contributed by atoms with van der Waals surface area (Å²) < 4.78 is 7.17. The van der Waals surface area contributed by atoms with E-state index in [9.17, 15) is 9.59 Å². The zero-order chi connectivity index (χ0) is 22.0. The van der Waals surface area contributed by atoms with Gasteiger partial charge >= 0.3 is 5.97 Å². The summed E-state index contributed by atoms with van der Waals surface area (Å²) in [6, 6.07) is 9.58. The number of aromatic nitrogens is 2. The lowest BCUT2D eigenvalue weighted by molar-refractivity contribution is -0.125. The van der Waals surface area contributed by atoms with Gasteiger partial charge in [0.2, 0.25) is 0 Å². The number of aryl methyl sites for hydroxylation is 1. The van der Waals surface area contributed by atoms with Gasteiger partial charge in [-0.05, 0) is 49.4 Å². The van der Waals surface area contributed by atoms with Crippen molar-refractivity contribution in [1.82, 2.24) is 15.1 Å². The fourth-order valence-electron chi connectivity index (χ4n) is 4.06. The first kappa shape index (κ1) is 21.8. The summed E-state index contributed by atoms with van der Waals surface area (Å²) in [5.74, 6) is -0.258. The van der Waals surface area contributed by atoms with E-state index < -0.39 is 5.97 Å². The zero-order valence-electron chi connectivity index (χ0n) is 17.7. The second-order valence-electron chi connectivity index (χ2n) is 8.21. The van der Waals surface area contributed by atoms with Crippen LogP contribution in [0.5, 0.6) is 0 Å². The van der Waals surface area contributed by atoms with E-state index in [0.29, 0.717) is 22.4 Å². The van der Waals surface area contributed by atoms with Crippen molar-refractivity contribution in [3.8, 4) is 0 Å². The van der Waals surface area contributed by atoms with E-state index in [4.69, 9.17) is 16.3 Å². The highest BCUT2D eigenvalue weighted by Crippen LogP contribution is 2.29. The van der Waals surface area contributed by atoms with Gasteiger partial charge in [0, 0.05) is 16.5 Å². The minimum absolute atomic E-state index is 0.172. The quantitative estimate of drug-likeness (QED) is 0.529. The molecule has 1 saturated carbocycles. The van der Waals surface area contributed by atoms with Crippen LogP contribution in [0.25, 0.3) is 10.2 Å². The smallest absolute Gasteiger partial charge is 0.348 e. The molecule has 1 aromatic carbocycles. The molecule has 0 spiro atoms. The number of thiophene rings is 1. The average Bonchev–Trinajstić information content (AvgIpc) is 3.31. The van der Waals surface area contributed by atoms with Crippen molar-refractivity contribution in [1.29, 1.82) is 0 Å². The van der Waals surface area contributed by atoms with Gasteiger partial charge in [0.1, 0.15) is 9.71 Å². The Bertz CT molecular complexity index is 1090. The number of amides is 1. The van der Waals surface area contributed by atoms with E-state index in [-0.39, 0.29) is 18.6 Å². The van der Waals surface area contributed by atoms with Crippen LogP contribution in [0.2, 0.25) is 5.02 Å².